The van der Waals surface area contributed by atoms with Gasteiger partial charge < -0.3 is 14.6 Å². The molecule has 1 fully saturated rings. The van der Waals surface area contributed by atoms with Gasteiger partial charge in [0.25, 0.3) is 0 Å². The summed E-state index contributed by atoms with van der Waals surface area (Å²) < 4.78 is 3.20. The standard InChI is InChI=1S/C22H26ClN3OS/c1-15-2-4-17(5-3-15)20(27)14-25-10-8-16(9-11-25)13-26-19-7-6-18(23)12-21(19)28-22(26)24/h2-7,12,16,20,24,27H,8-11,13-14H2,1H3/t20-/m1/s1. The maximum absolute atomic E-state index is 10.5. The molecule has 2 heterocycles. The number of aryl methyl sites for hydroxylation is 1. The summed E-state index contributed by atoms with van der Waals surface area (Å²) in [5.41, 5.74) is 3.31. The summed E-state index contributed by atoms with van der Waals surface area (Å²) in [5.74, 6) is 0.565. The third kappa shape index (κ3) is 4.33. The lowest BCUT2D eigenvalue weighted by Crippen LogP contribution is -2.38. The van der Waals surface area contributed by atoms with Crippen LogP contribution in [0.3, 0.4) is 0 Å². The lowest BCUT2D eigenvalue weighted by molar-refractivity contribution is 0.0867. The van der Waals surface area contributed by atoms with E-state index in [1.54, 1.807) is 0 Å². The van der Waals surface area contributed by atoms with Gasteiger partial charge in [-0.1, -0.05) is 52.8 Å². The van der Waals surface area contributed by atoms with Crippen molar-refractivity contribution in [2.45, 2.75) is 32.4 Å². The number of fused-ring (bicyclic) bond motifs is 1. The zero-order chi connectivity index (χ0) is 19.7. The molecule has 1 atom stereocenters. The van der Waals surface area contributed by atoms with Crippen molar-refractivity contribution in [3.8, 4) is 0 Å². The number of aliphatic hydroxyl groups is 1. The molecule has 2 aromatic carbocycles. The zero-order valence-corrected chi connectivity index (χ0v) is 17.6. The smallest absolute Gasteiger partial charge is 0.182 e. The van der Waals surface area contributed by atoms with E-state index < -0.39 is 6.10 Å². The topological polar surface area (TPSA) is 52.2 Å². The minimum Gasteiger partial charge on any atom is -0.387 e. The number of benzene rings is 2. The van der Waals surface area contributed by atoms with Crippen molar-refractivity contribution < 1.29 is 5.11 Å². The molecule has 0 unspecified atom stereocenters. The van der Waals surface area contributed by atoms with Crippen molar-refractivity contribution in [3.63, 3.8) is 0 Å². The van der Waals surface area contributed by atoms with E-state index in [9.17, 15) is 5.11 Å². The number of nitrogens with zero attached hydrogens (tertiary/aromatic N) is 2. The Kier molecular flexibility index (Phi) is 5.88. The molecule has 2 N–H and O–H groups in total. The zero-order valence-electron chi connectivity index (χ0n) is 16.1. The minimum atomic E-state index is -0.433. The number of nitrogens with one attached hydrogen (secondary N) is 1. The molecule has 148 valence electrons. The first-order valence-electron chi connectivity index (χ1n) is 9.80. The molecule has 1 saturated heterocycles. The van der Waals surface area contributed by atoms with Crippen LogP contribution in [-0.4, -0.2) is 34.2 Å². The molecule has 4 rings (SSSR count). The van der Waals surface area contributed by atoms with Gasteiger partial charge in [-0.2, -0.15) is 0 Å². The second kappa shape index (κ2) is 8.37. The summed E-state index contributed by atoms with van der Waals surface area (Å²) in [6.45, 7) is 5.62. The number of hydrogen-bond donors (Lipinski definition) is 2. The summed E-state index contributed by atoms with van der Waals surface area (Å²) in [6.07, 6.45) is 1.76. The summed E-state index contributed by atoms with van der Waals surface area (Å²) in [4.78, 5) is 2.95. The molecule has 1 aliphatic rings. The number of halogens is 1. The van der Waals surface area contributed by atoms with E-state index >= 15 is 0 Å². The molecule has 0 bridgehead atoms. The van der Waals surface area contributed by atoms with Crippen LogP contribution in [0.4, 0.5) is 0 Å². The monoisotopic (exact) mass is 415 g/mol. The molecule has 0 spiro atoms. The number of hydrogen-bond acceptors (Lipinski definition) is 4. The van der Waals surface area contributed by atoms with Crippen LogP contribution in [0.15, 0.2) is 42.5 Å². The van der Waals surface area contributed by atoms with Crippen LogP contribution >= 0.6 is 22.9 Å². The number of aromatic nitrogens is 1. The SMILES string of the molecule is Cc1ccc([C@H](O)CN2CCC(Cn3c(=N)sc4cc(Cl)ccc43)CC2)cc1. The Morgan fingerprint density at radius 3 is 2.61 bits per heavy atom. The first-order chi connectivity index (χ1) is 13.5. The second-order valence-electron chi connectivity index (χ2n) is 7.80. The molecule has 3 aromatic rings. The van der Waals surface area contributed by atoms with E-state index in [1.807, 2.05) is 30.3 Å². The predicted molar refractivity (Wildman–Crippen MR) is 116 cm³/mol. The fourth-order valence-corrected chi connectivity index (χ4v) is 5.19. The van der Waals surface area contributed by atoms with Crippen LogP contribution in [0.25, 0.3) is 10.2 Å². The molecular formula is C22H26ClN3OS. The highest BCUT2D eigenvalue weighted by Gasteiger charge is 2.22. The fourth-order valence-electron chi connectivity index (χ4n) is 3.99. The molecular weight excluding hydrogens is 390 g/mol. The maximum atomic E-state index is 10.5. The Morgan fingerprint density at radius 2 is 1.89 bits per heavy atom. The quantitative estimate of drug-likeness (QED) is 0.640. The largest absolute Gasteiger partial charge is 0.387 e. The van der Waals surface area contributed by atoms with Gasteiger partial charge in [0, 0.05) is 18.1 Å². The van der Waals surface area contributed by atoms with Crippen LogP contribution in [0.5, 0.6) is 0 Å². The Labute approximate surface area is 174 Å². The molecule has 0 amide bonds. The molecule has 4 nitrogen and oxygen atoms in total. The summed E-state index contributed by atoms with van der Waals surface area (Å²) in [7, 11) is 0. The van der Waals surface area contributed by atoms with Gasteiger partial charge in [0.05, 0.1) is 16.3 Å². The molecule has 1 aliphatic heterocycles. The maximum Gasteiger partial charge on any atom is 0.182 e. The number of thiazole rings is 1. The number of aliphatic hydroxyl groups excluding tert-OH is 1. The van der Waals surface area contributed by atoms with Gasteiger partial charge in [0.2, 0.25) is 0 Å². The van der Waals surface area contributed by atoms with Gasteiger partial charge in [-0.05, 0) is 62.5 Å². The predicted octanol–water partition coefficient (Wildman–Crippen LogP) is 4.59. The highest BCUT2D eigenvalue weighted by atomic mass is 35.5. The Morgan fingerprint density at radius 1 is 1.18 bits per heavy atom. The van der Waals surface area contributed by atoms with Gasteiger partial charge in [-0.25, -0.2) is 0 Å². The van der Waals surface area contributed by atoms with E-state index in [2.05, 4.69) is 28.5 Å². The molecule has 1 aromatic heterocycles. The molecule has 28 heavy (non-hydrogen) atoms. The molecule has 6 heteroatoms. The van der Waals surface area contributed by atoms with Crippen molar-refractivity contribution in [2.75, 3.05) is 19.6 Å². The van der Waals surface area contributed by atoms with E-state index in [4.69, 9.17) is 17.0 Å². The van der Waals surface area contributed by atoms with Crippen molar-refractivity contribution in [2.24, 2.45) is 5.92 Å². The van der Waals surface area contributed by atoms with Gasteiger partial charge in [0.1, 0.15) is 0 Å². The average molecular weight is 416 g/mol. The molecule has 0 radical (unpaired) electrons. The first kappa shape index (κ1) is 19.6. The van der Waals surface area contributed by atoms with Crippen LogP contribution < -0.4 is 4.80 Å². The lowest BCUT2D eigenvalue weighted by Gasteiger charge is -2.33. The lowest BCUT2D eigenvalue weighted by atomic mass is 9.96. The summed E-state index contributed by atoms with van der Waals surface area (Å²) in [5, 5.41) is 19.6. The van der Waals surface area contributed by atoms with Gasteiger partial charge in [0.15, 0.2) is 4.80 Å². The third-order valence-corrected chi connectivity index (χ3v) is 6.90. The van der Waals surface area contributed by atoms with Crippen LogP contribution in [0, 0.1) is 18.3 Å². The minimum absolute atomic E-state index is 0.433. The van der Waals surface area contributed by atoms with Crippen molar-refractivity contribution >= 4 is 33.2 Å². The first-order valence-corrected chi connectivity index (χ1v) is 11.0. The number of β-amino-alcohol motifs (C(OH)–C–C–N with tert-alkyl or cyclic N) is 1. The highest BCUT2D eigenvalue weighted by molar-refractivity contribution is 7.16. The van der Waals surface area contributed by atoms with Crippen LogP contribution in [0.1, 0.15) is 30.1 Å². The van der Waals surface area contributed by atoms with E-state index in [0.717, 1.165) is 53.3 Å². The van der Waals surface area contributed by atoms with Gasteiger partial charge >= 0.3 is 0 Å². The third-order valence-electron chi connectivity index (χ3n) is 5.71. The van der Waals surface area contributed by atoms with E-state index in [-0.39, 0.29) is 0 Å². The van der Waals surface area contributed by atoms with Crippen molar-refractivity contribution in [1.29, 1.82) is 5.41 Å². The van der Waals surface area contributed by atoms with Crippen LogP contribution in [0.2, 0.25) is 5.02 Å². The average Bonchev–Trinajstić information content (AvgIpc) is 2.98. The number of likely N-dealkylation sites (tertiary alicyclic amines) is 1. The summed E-state index contributed by atoms with van der Waals surface area (Å²) in [6, 6.07) is 14.0. The van der Waals surface area contributed by atoms with Gasteiger partial charge in [-0.15, -0.1) is 0 Å². The Hall–Kier alpha value is -1.66. The highest BCUT2D eigenvalue weighted by Crippen LogP contribution is 2.26. The second-order valence-corrected chi connectivity index (χ2v) is 9.27. The number of piperidine rings is 1. The fraction of sp³-hybridized carbons (Fsp3) is 0.409. The van der Waals surface area contributed by atoms with Gasteiger partial charge in [-0.3, -0.25) is 5.41 Å². The van der Waals surface area contributed by atoms with Crippen molar-refractivity contribution in [3.05, 3.63) is 63.4 Å². The summed E-state index contributed by atoms with van der Waals surface area (Å²) >= 11 is 7.58. The van der Waals surface area contributed by atoms with E-state index in [0.29, 0.717) is 17.3 Å². The van der Waals surface area contributed by atoms with Crippen LogP contribution in [-0.2, 0) is 6.54 Å². The number of rotatable bonds is 5. The van der Waals surface area contributed by atoms with E-state index in [1.165, 1.54) is 16.9 Å². The molecule has 0 aliphatic carbocycles. The Balaban J connectivity index is 1.35. The Bertz CT molecular complexity index is 1000. The van der Waals surface area contributed by atoms with Crippen molar-refractivity contribution in [1.82, 2.24) is 9.47 Å². The normalized spacial score (nSPS) is 17.2. The molecule has 0 saturated carbocycles.